The van der Waals surface area contributed by atoms with Gasteiger partial charge in [-0.15, -0.1) is 11.6 Å². The molecule has 1 aromatic carbocycles. The molecule has 1 N–H and O–H groups in total. The van der Waals surface area contributed by atoms with E-state index < -0.39 is 23.8 Å². The van der Waals surface area contributed by atoms with E-state index in [1.165, 1.54) is 12.1 Å². The highest BCUT2D eigenvalue weighted by atomic mass is 127. The molecule has 26 heavy (non-hydrogen) atoms. The first kappa shape index (κ1) is 20.9. The highest BCUT2D eigenvalue weighted by Crippen LogP contribution is 2.38. The van der Waals surface area contributed by atoms with E-state index in [1.807, 2.05) is 0 Å². The minimum absolute atomic E-state index is 0.0382. The van der Waals surface area contributed by atoms with Gasteiger partial charge in [0.25, 0.3) is 0 Å². The Morgan fingerprint density at radius 2 is 1.92 bits per heavy atom. The van der Waals surface area contributed by atoms with Gasteiger partial charge in [-0.3, -0.25) is 0 Å². The van der Waals surface area contributed by atoms with Gasteiger partial charge in [0.2, 0.25) is 0 Å². The van der Waals surface area contributed by atoms with Crippen LogP contribution in [0.4, 0.5) is 17.6 Å². The Balaban J connectivity index is 2.55. The number of benzene rings is 1. The summed E-state index contributed by atoms with van der Waals surface area (Å²) in [5, 5.41) is 9.52. The average Bonchev–Trinajstić information content (AvgIpc) is 2.59. The molecule has 2 rings (SSSR count). The van der Waals surface area contributed by atoms with Gasteiger partial charge in [0, 0.05) is 11.4 Å². The number of alkyl halides is 4. The molecule has 1 heterocycles. The minimum atomic E-state index is -4.87. The summed E-state index contributed by atoms with van der Waals surface area (Å²) in [6.45, 7) is 3.73. The molecular formula is C17H13ClF4INO2. The van der Waals surface area contributed by atoms with Crippen molar-refractivity contribution >= 4 is 34.2 Å². The number of pyridine rings is 1. The first-order valence-electron chi connectivity index (χ1n) is 7.20. The normalized spacial score (nSPS) is 12.7. The van der Waals surface area contributed by atoms with Crippen molar-refractivity contribution in [2.45, 2.75) is 12.3 Å². The monoisotopic (exact) mass is 501 g/mol. The third-order valence-corrected chi connectivity index (χ3v) is 4.44. The topological polar surface area (TPSA) is 42.4 Å². The molecule has 0 bridgehead atoms. The zero-order valence-corrected chi connectivity index (χ0v) is 16.1. The lowest BCUT2D eigenvalue weighted by molar-refractivity contribution is -0.207. The number of rotatable bonds is 6. The van der Waals surface area contributed by atoms with Gasteiger partial charge in [0.05, 0.1) is 9.26 Å². The maximum atomic E-state index is 13.2. The summed E-state index contributed by atoms with van der Waals surface area (Å²) in [5.41, 5.74) is 0.376. The fraction of sp³-hybridized carbons (Fsp3) is 0.235. The number of aliphatic hydroxyl groups excluding tert-OH is 1. The molecule has 0 saturated carbocycles. The van der Waals surface area contributed by atoms with Crippen LogP contribution in [0.2, 0.25) is 0 Å². The van der Waals surface area contributed by atoms with Crippen molar-refractivity contribution in [2.24, 2.45) is 0 Å². The third kappa shape index (κ3) is 5.08. The summed E-state index contributed by atoms with van der Waals surface area (Å²) in [4.78, 5) is 3.92. The standard InChI is InChI=1S/C17H13ClF4INO2/c1-9(7-18)8-26-15-12(23)6-13(16(25)17(20,21)22)24-14(15)10-2-4-11(19)5-3-10/h2-6,16,25H,1,7-8H2. The first-order valence-corrected chi connectivity index (χ1v) is 8.81. The maximum Gasteiger partial charge on any atom is 0.420 e. The lowest BCUT2D eigenvalue weighted by atomic mass is 10.1. The molecular weight excluding hydrogens is 489 g/mol. The lowest BCUT2D eigenvalue weighted by Crippen LogP contribution is -2.22. The Hall–Kier alpha value is -1.39. The Morgan fingerprint density at radius 1 is 1.31 bits per heavy atom. The zero-order chi connectivity index (χ0) is 19.5. The van der Waals surface area contributed by atoms with Gasteiger partial charge in [-0.05, 0) is 58.5 Å². The minimum Gasteiger partial charge on any atom is -0.486 e. The predicted octanol–water partition coefficient (Wildman–Crippen LogP) is 5.26. The number of ether oxygens (including phenoxy) is 1. The van der Waals surface area contributed by atoms with E-state index in [9.17, 15) is 22.7 Å². The first-order chi connectivity index (χ1) is 12.1. The van der Waals surface area contributed by atoms with E-state index >= 15 is 0 Å². The van der Waals surface area contributed by atoms with Gasteiger partial charge in [0.1, 0.15) is 18.1 Å². The van der Waals surface area contributed by atoms with Crippen LogP contribution in [0.3, 0.4) is 0 Å². The van der Waals surface area contributed by atoms with Crippen molar-refractivity contribution in [1.82, 2.24) is 4.98 Å². The fourth-order valence-corrected chi connectivity index (χ4v) is 2.79. The molecule has 9 heteroatoms. The molecule has 0 aliphatic heterocycles. The van der Waals surface area contributed by atoms with Crippen LogP contribution in [0.1, 0.15) is 11.8 Å². The molecule has 0 aliphatic rings. The Labute approximate surface area is 165 Å². The molecule has 0 saturated heterocycles. The predicted molar refractivity (Wildman–Crippen MR) is 98.7 cm³/mol. The molecule has 1 atom stereocenters. The van der Waals surface area contributed by atoms with Crippen molar-refractivity contribution in [1.29, 1.82) is 0 Å². The molecule has 0 radical (unpaired) electrons. The molecule has 3 nitrogen and oxygen atoms in total. The summed E-state index contributed by atoms with van der Waals surface area (Å²) in [6, 6.07) is 6.11. The molecule has 0 fully saturated rings. The zero-order valence-electron chi connectivity index (χ0n) is 13.2. The highest BCUT2D eigenvalue weighted by molar-refractivity contribution is 14.1. The van der Waals surface area contributed by atoms with Crippen LogP contribution in [-0.2, 0) is 0 Å². The van der Waals surface area contributed by atoms with E-state index in [2.05, 4.69) is 11.6 Å². The van der Waals surface area contributed by atoms with E-state index in [0.29, 0.717) is 14.7 Å². The Kier molecular flexibility index (Phi) is 6.86. The summed E-state index contributed by atoms with van der Waals surface area (Å²) < 4.78 is 57.7. The van der Waals surface area contributed by atoms with Crippen molar-refractivity contribution in [2.75, 3.05) is 12.5 Å². The van der Waals surface area contributed by atoms with Crippen LogP contribution in [0, 0.1) is 9.39 Å². The van der Waals surface area contributed by atoms with Gasteiger partial charge < -0.3 is 9.84 Å². The van der Waals surface area contributed by atoms with Crippen LogP contribution < -0.4 is 4.74 Å². The van der Waals surface area contributed by atoms with Gasteiger partial charge in [-0.25, -0.2) is 9.37 Å². The summed E-state index contributed by atoms with van der Waals surface area (Å²) in [7, 11) is 0. The van der Waals surface area contributed by atoms with Crippen molar-refractivity contribution in [3.8, 4) is 17.0 Å². The molecule has 140 valence electrons. The fourth-order valence-electron chi connectivity index (χ4n) is 1.98. The van der Waals surface area contributed by atoms with E-state index in [1.54, 1.807) is 22.6 Å². The second-order valence-corrected chi connectivity index (χ2v) is 6.76. The molecule has 2 aromatic rings. The maximum absolute atomic E-state index is 13.2. The Morgan fingerprint density at radius 3 is 2.46 bits per heavy atom. The molecule has 1 aromatic heterocycles. The van der Waals surface area contributed by atoms with Crippen molar-refractivity contribution in [3.05, 3.63) is 57.6 Å². The van der Waals surface area contributed by atoms with E-state index in [-0.39, 0.29) is 23.9 Å². The van der Waals surface area contributed by atoms with Crippen LogP contribution in [0.5, 0.6) is 5.75 Å². The second kappa shape index (κ2) is 8.53. The highest BCUT2D eigenvalue weighted by Gasteiger charge is 2.41. The van der Waals surface area contributed by atoms with E-state index in [0.717, 1.165) is 18.2 Å². The SMILES string of the molecule is C=C(CCl)COc1c(I)cc(C(O)C(F)(F)F)nc1-c1ccc(F)cc1. The summed E-state index contributed by atoms with van der Waals surface area (Å²) in [6.07, 6.45) is -7.62. The number of aliphatic hydroxyl groups is 1. The molecule has 0 amide bonds. The van der Waals surface area contributed by atoms with Crippen LogP contribution in [0.15, 0.2) is 42.5 Å². The van der Waals surface area contributed by atoms with Crippen LogP contribution in [-0.4, -0.2) is 28.8 Å². The van der Waals surface area contributed by atoms with Crippen LogP contribution in [0.25, 0.3) is 11.3 Å². The molecule has 1 unspecified atom stereocenters. The number of nitrogens with zero attached hydrogens (tertiary/aromatic N) is 1. The Bertz CT molecular complexity index is 797. The van der Waals surface area contributed by atoms with Crippen molar-refractivity contribution < 1.29 is 27.4 Å². The summed E-state index contributed by atoms with van der Waals surface area (Å²) in [5.74, 6) is -0.157. The number of halogens is 6. The lowest BCUT2D eigenvalue weighted by Gasteiger charge is -2.19. The van der Waals surface area contributed by atoms with E-state index in [4.69, 9.17) is 16.3 Å². The quantitative estimate of drug-likeness (QED) is 0.254. The second-order valence-electron chi connectivity index (χ2n) is 5.33. The third-order valence-electron chi connectivity index (χ3n) is 3.26. The van der Waals surface area contributed by atoms with Gasteiger partial charge in [-0.1, -0.05) is 6.58 Å². The van der Waals surface area contributed by atoms with Gasteiger partial charge in [0.15, 0.2) is 11.9 Å². The summed E-state index contributed by atoms with van der Waals surface area (Å²) >= 11 is 7.44. The van der Waals surface area contributed by atoms with Crippen molar-refractivity contribution in [3.63, 3.8) is 0 Å². The molecule has 0 spiro atoms. The number of hydrogen-bond acceptors (Lipinski definition) is 3. The number of aromatic nitrogens is 1. The molecule has 0 aliphatic carbocycles. The number of hydrogen-bond donors (Lipinski definition) is 1. The average molecular weight is 502 g/mol. The van der Waals surface area contributed by atoms with Gasteiger partial charge in [-0.2, -0.15) is 13.2 Å². The largest absolute Gasteiger partial charge is 0.486 e. The van der Waals surface area contributed by atoms with Crippen LogP contribution >= 0.6 is 34.2 Å². The smallest absolute Gasteiger partial charge is 0.420 e. The van der Waals surface area contributed by atoms with Gasteiger partial charge >= 0.3 is 6.18 Å².